The van der Waals surface area contributed by atoms with Crippen LogP contribution in [0, 0.1) is 0 Å². The van der Waals surface area contributed by atoms with Gasteiger partial charge >= 0.3 is 5.89 Å². The summed E-state index contributed by atoms with van der Waals surface area (Å²) < 4.78 is 47.5. The number of fused-ring (bicyclic) bond motifs is 2. The van der Waals surface area contributed by atoms with Crippen molar-refractivity contribution in [1.29, 1.82) is 0 Å². The van der Waals surface area contributed by atoms with Crippen LogP contribution in [-0.2, 0) is 21.5 Å². The van der Waals surface area contributed by atoms with E-state index in [1.54, 1.807) is 12.2 Å². The smallest absolute Gasteiger partial charge is 0.374 e. The summed E-state index contributed by atoms with van der Waals surface area (Å²) in [6.45, 7) is 5.25. The molecule has 0 spiro atoms. The number of carbonyl (C=O) groups is 1. The van der Waals surface area contributed by atoms with Crippen molar-refractivity contribution in [3.63, 3.8) is 0 Å². The van der Waals surface area contributed by atoms with Gasteiger partial charge in [0.2, 0.25) is 11.5 Å². The first-order chi connectivity index (χ1) is 17.3. The van der Waals surface area contributed by atoms with Crippen molar-refractivity contribution in [1.82, 2.24) is 0 Å². The van der Waals surface area contributed by atoms with Crippen LogP contribution in [0.2, 0.25) is 0 Å². The molecule has 0 N–H and O–H groups in total. The number of carbonyl (C=O) groups excluding carboxylic acids is 1. The number of para-hydroxylation sites is 4. The number of ether oxygens (including phenoxy) is 1. The van der Waals surface area contributed by atoms with Gasteiger partial charge in [0.1, 0.15) is 6.54 Å². The number of nitrogens with zero attached hydrogens (tertiary/aromatic N) is 2. The molecule has 36 heavy (non-hydrogen) atoms. The van der Waals surface area contributed by atoms with E-state index in [-0.39, 0.29) is 11.5 Å². The van der Waals surface area contributed by atoms with Gasteiger partial charge in [0.25, 0.3) is 5.52 Å². The molecule has 0 fully saturated rings. The van der Waals surface area contributed by atoms with E-state index < -0.39 is 15.9 Å². The van der Waals surface area contributed by atoms with Crippen LogP contribution in [0.4, 0.5) is 5.69 Å². The second kappa shape index (κ2) is 9.61. The molecule has 1 aliphatic heterocycles. The summed E-state index contributed by atoms with van der Waals surface area (Å²) in [5.41, 5.74) is 3.34. The molecule has 1 aliphatic carbocycles. The largest absolute Gasteiger partial charge is 0.748 e. The highest BCUT2D eigenvalue weighted by molar-refractivity contribution is 8.04. The first kappa shape index (κ1) is 24.4. The number of aryl methyl sites for hydroxylation is 1. The van der Waals surface area contributed by atoms with E-state index in [1.165, 1.54) is 11.8 Å². The summed E-state index contributed by atoms with van der Waals surface area (Å²) in [7, 11) is -4.38. The Labute approximate surface area is 213 Å². The van der Waals surface area contributed by atoms with Gasteiger partial charge in [-0.05, 0) is 32.0 Å². The van der Waals surface area contributed by atoms with Crippen molar-refractivity contribution in [2.24, 2.45) is 0 Å². The Bertz CT molecular complexity index is 1570. The molecule has 186 valence electrons. The first-order valence-electron chi connectivity index (χ1n) is 11.6. The van der Waals surface area contributed by atoms with Crippen molar-refractivity contribution in [2.75, 3.05) is 23.0 Å². The van der Waals surface area contributed by atoms with Gasteiger partial charge in [-0.1, -0.05) is 24.3 Å². The molecular formula is C26H24N2O6S2. The lowest BCUT2D eigenvalue weighted by Crippen LogP contribution is -2.34. The number of Topliss-reactive ketones (excluding diaryl/α,β-unsaturated/α-hetero) is 1. The van der Waals surface area contributed by atoms with E-state index in [1.807, 2.05) is 71.8 Å². The van der Waals surface area contributed by atoms with Gasteiger partial charge in [-0.2, -0.15) is 4.57 Å². The average Bonchev–Trinajstić information content (AvgIpc) is 3.40. The standard InChI is InChI=1S/C26H24N2O6S2/c1-3-27-19-9-5-7-11-21(19)33-23(27)15-17-25(29)18(26(17)35-13-14-36(30,31)32)16-24-28(4-2)20-10-6-8-12-22(20)34-24/h5-12,15-16H,3-4,13-14H2,1-2H3. The van der Waals surface area contributed by atoms with E-state index in [0.717, 1.165) is 11.2 Å². The van der Waals surface area contributed by atoms with Gasteiger partial charge in [0, 0.05) is 46.2 Å². The summed E-state index contributed by atoms with van der Waals surface area (Å²) in [6.07, 6.45) is 3.37. The molecule has 0 atom stereocenters. The summed E-state index contributed by atoms with van der Waals surface area (Å²) in [5.74, 6) is 1.03. The molecule has 0 saturated carbocycles. The van der Waals surface area contributed by atoms with Crippen LogP contribution in [0.15, 0.2) is 81.0 Å². The van der Waals surface area contributed by atoms with Crippen LogP contribution in [-0.4, -0.2) is 36.8 Å². The molecular weight excluding hydrogens is 500 g/mol. The van der Waals surface area contributed by atoms with E-state index in [4.69, 9.17) is 9.15 Å². The van der Waals surface area contributed by atoms with Crippen molar-refractivity contribution < 1.29 is 31.5 Å². The highest BCUT2D eigenvalue weighted by atomic mass is 32.2. The molecule has 1 aromatic heterocycles. The molecule has 0 radical (unpaired) electrons. The molecule has 2 heterocycles. The lowest BCUT2D eigenvalue weighted by Gasteiger charge is -2.24. The lowest BCUT2D eigenvalue weighted by molar-refractivity contribution is -0.674. The maximum Gasteiger partial charge on any atom is 0.374 e. The number of anilines is 1. The molecule has 0 unspecified atom stereocenters. The maximum atomic E-state index is 13.3. The van der Waals surface area contributed by atoms with Crippen LogP contribution < -0.4 is 14.2 Å². The fraction of sp³-hybridized carbons (Fsp3) is 0.231. The molecule has 0 saturated heterocycles. The van der Waals surface area contributed by atoms with Crippen LogP contribution in [0.1, 0.15) is 19.7 Å². The third kappa shape index (κ3) is 4.47. The second-order valence-corrected chi connectivity index (χ2v) is 10.8. The van der Waals surface area contributed by atoms with Crippen molar-refractivity contribution in [2.45, 2.75) is 20.4 Å². The maximum absolute atomic E-state index is 13.3. The minimum atomic E-state index is -4.38. The summed E-state index contributed by atoms with van der Waals surface area (Å²) in [6, 6.07) is 15.2. The van der Waals surface area contributed by atoms with Gasteiger partial charge in [0.05, 0.1) is 21.9 Å². The second-order valence-electron chi connectivity index (χ2n) is 8.19. The van der Waals surface area contributed by atoms with Crippen molar-refractivity contribution in [3.05, 3.63) is 82.4 Å². The minimum absolute atomic E-state index is 0.0327. The normalized spacial score (nSPS) is 17.8. The Hall–Kier alpha value is -3.34. The number of benzene rings is 2. The van der Waals surface area contributed by atoms with E-state index in [0.29, 0.717) is 52.2 Å². The molecule has 2 aromatic carbocycles. The average molecular weight is 525 g/mol. The van der Waals surface area contributed by atoms with Gasteiger partial charge < -0.3 is 18.6 Å². The number of oxazole rings is 1. The number of aromatic nitrogens is 1. The predicted molar refractivity (Wildman–Crippen MR) is 137 cm³/mol. The zero-order valence-corrected chi connectivity index (χ0v) is 21.4. The molecule has 5 rings (SSSR count). The van der Waals surface area contributed by atoms with Gasteiger partial charge in [-0.15, -0.1) is 11.8 Å². The van der Waals surface area contributed by atoms with Crippen LogP contribution in [0.5, 0.6) is 5.75 Å². The number of thioether (sulfide) groups is 1. The molecule has 8 nitrogen and oxygen atoms in total. The minimum Gasteiger partial charge on any atom is -0.748 e. The summed E-state index contributed by atoms with van der Waals surface area (Å²) in [5, 5.41) is 0. The first-order valence-corrected chi connectivity index (χ1v) is 14.1. The lowest BCUT2D eigenvalue weighted by atomic mass is 9.89. The Balaban J connectivity index is 1.55. The van der Waals surface area contributed by atoms with Crippen LogP contribution in [0.25, 0.3) is 17.2 Å². The Morgan fingerprint density at radius 2 is 1.83 bits per heavy atom. The van der Waals surface area contributed by atoms with Gasteiger partial charge in [-0.3, -0.25) is 4.79 Å². The van der Waals surface area contributed by atoms with E-state index in [2.05, 4.69) is 0 Å². The summed E-state index contributed by atoms with van der Waals surface area (Å²) >= 11 is 1.17. The fourth-order valence-corrected chi connectivity index (χ4v) is 6.29. The third-order valence-corrected chi connectivity index (χ3v) is 8.10. The number of hydrogen-bond acceptors (Lipinski definition) is 8. The van der Waals surface area contributed by atoms with Crippen molar-refractivity contribution in [3.8, 4) is 5.75 Å². The molecule has 10 heteroatoms. The van der Waals surface area contributed by atoms with E-state index >= 15 is 0 Å². The van der Waals surface area contributed by atoms with E-state index in [9.17, 15) is 17.8 Å². The SMILES string of the molecule is CCN1/C(=C/C2=C(SCCS(=O)(=O)[O-])C(=C/c3oc4ccccc4[n+]3CC)/C2=O)Oc2ccccc21. The molecule has 3 aromatic rings. The number of hydrogen-bond donors (Lipinski definition) is 0. The third-order valence-electron chi connectivity index (χ3n) is 6.00. The number of ketones is 1. The van der Waals surface area contributed by atoms with Gasteiger partial charge in [-0.25, -0.2) is 8.42 Å². The Morgan fingerprint density at radius 1 is 1.08 bits per heavy atom. The highest BCUT2D eigenvalue weighted by Gasteiger charge is 2.36. The zero-order valence-electron chi connectivity index (χ0n) is 19.8. The number of rotatable bonds is 8. The fourth-order valence-electron chi connectivity index (χ4n) is 4.32. The molecule has 0 amide bonds. The van der Waals surface area contributed by atoms with Crippen LogP contribution >= 0.6 is 11.8 Å². The highest BCUT2D eigenvalue weighted by Crippen LogP contribution is 2.44. The molecule has 0 bridgehead atoms. The predicted octanol–water partition coefficient (Wildman–Crippen LogP) is 4.00. The van der Waals surface area contributed by atoms with Gasteiger partial charge in [0.15, 0.2) is 11.5 Å². The zero-order chi connectivity index (χ0) is 25.4. The monoisotopic (exact) mass is 524 g/mol. The van der Waals surface area contributed by atoms with Crippen LogP contribution in [0.3, 0.4) is 0 Å². The number of allylic oxidation sites excluding steroid dienone is 3. The Kier molecular flexibility index (Phi) is 6.50. The van der Waals surface area contributed by atoms with Crippen molar-refractivity contribution >= 4 is 50.5 Å². The molecule has 2 aliphatic rings. The topological polar surface area (TPSA) is 104 Å². The summed E-state index contributed by atoms with van der Waals surface area (Å²) in [4.78, 5) is 15.9. The quantitative estimate of drug-likeness (QED) is 0.247. The Morgan fingerprint density at radius 3 is 2.58 bits per heavy atom.